The molecule has 0 bridgehead atoms. The van der Waals surface area contributed by atoms with Crippen LogP contribution in [0.5, 0.6) is 0 Å². The Kier molecular flexibility index (Phi) is 5.08. The number of benzene rings is 2. The minimum absolute atomic E-state index is 0.0267. The van der Waals surface area contributed by atoms with E-state index in [9.17, 15) is 9.59 Å². The van der Waals surface area contributed by atoms with E-state index in [-0.39, 0.29) is 6.61 Å². The quantitative estimate of drug-likeness (QED) is 0.421. The lowest BCUT2D eigenvalue weighted by Gasteiger charge is -2.34. The van der Waals surface area contributed by atoms with E-state index in [1.807, 2.05) is 24.3 Å². The number of rotatable bonds is 7. The zero-order valence-electron chi connectivity index (χ0n) is 14.8. The molecule has 4 heteroatoms. The van der Waals surface area contributed by atoms with Crippen molar-refractivity contribution in [3.8, 4) is 0 Å². The average molecular weight is 359 g/mol. The van der Waals surface area contributed by atoms with Crippen LogP contribution in [0.4, 0.5) is 0 Å². The van der Waals surface area contributed by atoms with Crippen LogP contribution in [0.25, 0.3) is 16.8 Å². The van der Waals surface area contributed by atoms with Crippen LogP contribution >= 0.6 is 0 Å². The van der Waals surface area contributed by atoms with Crippen molar-refractivity contribution in [3.63, 3.8) is 0 Å². The third-order valence-corrected chi connectivity index (χ3v) is 4.52. The van der Waals surface area contributed by atoms with Crippen LogP contribution in [0.2, 0.25) is 0 Å². The van der Waals surface area contributed by atoms with Crippen molar-refractivity contribution >= 4 is 28.8 Å². The first-order chi connectivity index (χ1) is 13.1. The van der Waals surface area contributed by atoms with Gasteiger partial charge in [-0.2, -0.15) is 0 Å². The molecule has 2 aromatic rings. The normalized spacial score (nSPS) is 14.0. The van der Waals surface area contributed by atoms with Gasteiger partial charge in [0.15, 0.2) is 6.61 Å². The van der Waals surface area contributed by atoms with Gasteiger partial charge in [-0.25, -0.2) is 0 Å². The van der Waals surface area contributed by atoms with E-state index in [0.29, 0.717) is 11.1 Å². The largest absolute Gasteiger partial charge is 0.460 e. The lowest BCUT2D eigenvalue weighted by molar-refractivity contribution is -0.159. The van der Waals surface area contributed by atoms with Crippen LogP contribution in [0.15, 0.2) is 79.9 Å². The van der Waals surface area contributed by atoms with Gasteiger partial charge in [-0.15, -0.1) is 0 Å². The Hall–Kier alpha value is -3.40. The molecule has 27 heavy (non-hydrogen) atoms. The Morgan fingerprint density at radius 3 is 2.44 bits per heavy atom. The van der Waals surface area contributed by atoms with Gasteiger partial charge in [-0.1, -0.05) is 68.3 Å². The van der Waals surface area contributed by atoms with Gasteiger partial charge in [-0.05, 0) is 39.6 Å². The number of esters is 2. The molecule has 0 spiro atoms. The minimum Gasteiger partial charge on any atom is -0.460 e. The van der Waals surface area contributed by atoms with Gasteiger partial charge in [-0.3, -0.25) is 9.59 Å². The number of carbonyl (C=O) groups excluding carboxylic acids is 2. The molecule has 4 nitrogen and oxygen atoms in total. The lowest BCUT2D eigenvalue weighted by atomic mass is 9.68. The summed E-state index contributed by atoms with van der Waals surface area (Å²) in [7, 11) is 0. The molecule has 1 radical (unpaired) electrons. The maximum absolute atomic E-state index is 13.2. The molecular formula is C23H19O4. The van der Waals surface area contributed by atoms with Gasteiger partial charge in [0.1, 0.15) is 6.61 Å². The van der Waals surface area contributed by atoms with Crippen LogP contribution < -0.4 is 0 Å². The van der Waals surface area contributed by atoms with Crippen molar-refractivity contribution in [3.05, 3.63) is 97.7 Å². The molecule has 0 aromatic heterocycles. The van der Waals surface area contributed by atoms with Crippen LogP contribution in [0.1, 0.15) is 11.1 Å². The SMILES string of the molecule is C=C[CH]OC(=O)C1(C(=O)OCC=C)C(C=C)=Cc2cccc3cccc1c23. The zero-order valence-corrected chi connectivity index (χ0v) is 14.8. The molecule has 1 aliphatic carbocycles. The molecule has 1 atom stereocenters. The number of hydrogen-bond acceptors (Lipinski definition) is 4. The molecule has 3 rings (SSSR count). The molecule has 0 amide bonds. The summed E-state index contributed by atoms with van der Waals surface area (Å²) in [5, 5.41) is 1.71. The van der Waals surface area contributed by atoms with Crippen LogP contribution in [-0.4, -0.2) is 18.5 Å². The van der Waals surface area contributed by atoms with Gasteiger partial charge in [0.2, 0.25) is 5.41 Å². The third kappa shape index (κ3) is 2.79. The molecule has 2 aromatic carbocycles. The van der Waals surface area contributed by atoms with Crippen molar-refractivity contribution in [1.82, 2.24) is 0 Å². The molecule has 1 unspecified atom stereocenters. The first-order valence-corrected chi connectivity index (χ1v) is 8.41. The van der Waals surface area contributed by atoms with Crippen molar-refractivity contribution in [2.24, 2.45) is 0 Å². The van der Waals surface area contributed by atoms with E-state index in [4.69, 9.17) is 9.47 Å². The Morgan fingerprint density at radius 2 is 1.78 bits per heavy atom. The summed E-state index contributed by atoms with van der Waals surface area (Å²) in [6.07, 6.45) is 6.03. The summed E-state index contributed by atoms with van der Waals surface area (Å²) in [6, 6.07) is 11.2. The summed E-state index contributed by atoms with van der Waals surface area (Å²) in [5.41, 5.74) is 0.0124. The summed E-state index contributed by atoms with van der Waals surface area (Å²) < 4.78 is 10.5. The highest BCUT2D eigenvalue weighted by atomic mass is 16.6. The first-order valence-electron chi connectivity index (χ1n) is 8.41. The zero-order chi connectivity index (χ0) is 19.4. The van der Waals surface area contributed by atoms with Crippen molar-refractivity contribution < 1.29 is 19.1 Å². The Labute approximate surface area is 158 Å². The number of ether oxygens (including phenoxy) is 2. The van der Waals surface area contributed by atoms with Crippen LogP contribution in [0.3, 0.4) is 0 Å². The highest BCUT2D eigenvalue weighted by Gasteiger charge is 2.55. The number of hydrogen-bond donors (Lipinski definition) is 0. The predicted octanol–water partition coefficient (Wildman–Crippen LogP) is 4.28. The van der Waals surface area contributed by atoms with Crippen molar-refractivity contribution in [2.45, 2.75) is 5.41 Å². The Balaban J connectivity index is 2.35. The van der Waals surface area contributed by atoms with Crippen molar-refractivity contribution in [1.29, 1.82) is 0 Å². The topological polar surface area (TPSA) is 52.6 Å². The summed E-state index contributed by atoms with van der Waals surface area (Å²) in [5.74, 6) is -1.51. The van der Waals surface area contributed by atoms with Crippen LogP contribution in [0, 0.1) is 6.61 Å². The second-order valence-electron chi connectivity index (χ2n) is 5.97. The Bertz CT molecular complexity index is 952. The van der Waals surface area contributed by atoms with Crippen LogP contribution in [-0.2, 0) is 24.5 Å². The first kappa shape index (κ1) is 18.4. The molecular weight excluding hydrogens is 340 g/mol. The second-order valence-corrected chi connectivity index (χ2v) is 5.97. The Morgan fingerprint density at radius 1 is 1.04 bits per heavy atom. The van der Waals surface area contributed by atoms with E-state index in [1.165, 1.54) is 18.2 Å². The summed E-state index contributed by atoms with van der Waals surface area (Å²) in [6.45, 7) is 12.0. The number of allylic oxidation sites excluding steroid dienone is 1. The fourth-order valence-corrected chi connectivity index (χ4v) is 3.43. The van der Waals surface area contributed by atoms with E-state index < -0.39 is 17.4 Å². The summed E-state index contributed by atoms with van der Waals surface area (Å²) in [4.78, 5) is 26.4. The third-order valence-electron chi connectivity index (χ3n) is 4.52. The molecule has 0 N–H and O–H groups in total. The number of carbonyl (C=O) groups is 2. The van der Waals surface area contributed by atoms with Crippen molar-refractivity contribution in [2.75, 3.05) is 6.61 Å². The fraction of sp³-hybridized carbons (Fsp3) is 0.0870. The lowest BCUT2D eigenvalue weighted by Crippen LogP contribution is -2.48. The fourth-order valence-electron chi connectivity index (χ4n) is 3.43. The molecule has 0 heterocycles. The molecule has 1 aliphatic rings. The molecule has 0 saturated heterocycles. The molecule has 135 valence electrons. The van der Waals surface area contributed by atoms with E-state index >= 15 is 0 Å². The summed E-state index contributed by atoms with van der Waals surface area (Å²) >= 11 is 0. The molecule has 0 saturated carbocycles. The highest BCUT2D eigenvalue weighted by molar-refractivity contribution is 6.17. The predicted molar refractivity (Wildman–Crippen MR) is 106 cm³/mol. The molecule has 0 aliphatic heterocycles. The monoisotopic (exact) mass is 359 g/mol. The van der Waals surface area contributed by atoms with Gasteiger partial charge < -0.3 is 9.47 Å². The minimum atomic E-state index is -1.78. The second kappa shape index (κ2) is 7.46. The standard InChI is InChI=1S/C23H19O4/c1-4-13-26-21(24)23(22(25)27-14-5-2)18(6-3)15-17-11-7-9-16-10-8-12-19(23)20(16)17/h4-13,15H,1-3,14H2. The van der Waals surface area contributed by atoms with E-state index in [2.05, 4.69) is 19.7 Å². The van der Waals surface area contributed by atoms with Gasteiger partial charge in [0, 0.05) is 0 Å². The maximum Gasteiger partial charge on any atom is 0.333 e. The van der Waals surface area contributed by atoms with Gasteiger partial charge >= 0.3 is 11.9 Å². The smallest absolute Gasteiger partial charge is 0.333 e. The van der Waals surface area contributed by atoms with E-state index in [0.717, 1.165) is 22.9 Å². The average Bonchev–Trinajstić information content (AvgIpc) is 2.70. The van der Waals surface area contributed by atoms with Gasteiger partial charge in [0.05, 0.1) is 0 Å². The maximum atomic E-state index is 13.2. The molecule has 0 fully saturated rings. The van der Waals surface area contributed by atoms with Gasteiger partial charge in [0.25, 0.3) is 0 Å². The van der Waals surface area contributed by atoms with E-state index in [1.54, 1.807) is 18.2 Å². The highest BCUT2D eigenvalue weighted by Crippen LogP contribution is 2.45.